The highest BCUT2D eigenvalue weighted by Crippen LogP contribution is 2.11. The molecule has 1 unspecified atom stereocenters. The van der Waals surface area contributed by atoms with Gasteiger partial charge in [-0.15, -0.1) is 0 Å². The van der Waals surface area contributed by atoms with E-state index < -0.39 is 6.10 Å². The van der Waals surface area contributed by atoms with Crippen LogP contribution in [0.1, 0.15) is 39.6 Å². The van der Waals surface area contributed by atoms with Crippen LogP contribution in [0.4, 0.5) is 0 Å². The van der Waals surface area contributed by atoms with E-state index in [1.165, 1.54) is 20.9 Å². The van der Waals surface area contributed by atoms with Crippen LogP contribution in [0.5, 0.6) is 0 Å². The lowest BCUT2D eigenvalue weighted by molar-refractivity contribution is -1.01. The third-order valence-electron chi connectivity index (χ3n) is 5.87. The molecular weight excluding hydrogens is 407 g/mol. The van der Waals surface area contributed by atoms with E-state index in [2.05, 4.69) is 13.8 Å². The maximum Gasteiger partial charge on any atom is 0.168 e. The third kappa shape index (κ3) is 7.40. The smallest absolute Gasteiger partial charge is 0.168 e. The second kappa shape index (κ2) is 12.3. The van der Waals surface area contributed by atoms with Gasteiger partial charge in [-0.05, 0) is 36.6 Å². The number of aliphatic hydroxyl groups excluding tert-OH is 1. The van der Waals surface area contributed by atoms with Gasteiger partial charge in [0, 0.05) is 5.56 Å². The van der Waals surface area contributed by atoms with Crippen molar-refractivity contribution in [2.24, 2.45) is 0 Å². The van der Waals surface area contributed by atoms with E-state index in [0.29, 0.717) is 6.42 Å². The number of hydrogen-bond acceptors (Lipinski definition) is 2. The number of Topliss-reactive ketones (excluding diaryl/α,β-unsaturated/α-hetero) is 1. The standard InChI is InChI=1S/C23H30N2O2.2ClH/c1-18-8-9-21(16-19(18)2)22(26)10-11-24-12-14-25(15-13-24)17-23(27)20-6-4-3-5-7-20;;/h3-9,16,23,27H,10-15,17H2,1-2H3;2*1H. The maximum absolute atomic E-state index is 12.5. The van der Waals surface area contributed by atoms with Crippen LogP contribution in [-0.2, 0) is 0 Å². The summed E-state index contributed by atoms with van der Waals surface area (Å²) in [6.07, 6.45) is 0.217. The van der Waals surface area contributed by atoms with Gasteiger partial charge in [0.1, 0.15) is 38.8 Å². The second-order valence-corrected chi connectivity index (χ2v) is 7.85. The predicted octanol–water partition coefficient (Wildman–Crippen LogP) is -5.60. The minimum Gasteiger partial charge on any atom is -1.00 e. The monoisotopic (exact) mass is 438 g/mol. The molecule has 1 aliphatic rings. The fourth-order valence-electron chi connectivity index (χ4n) is 3.83. The molecule has 160 valence electrons. The number of carbonyl (C=O) groups is 1. The molecule has 0 radical (unpaired) electrons. The highest BCUT2D eigenvalue weighted by atomic mass is 35.5. The first-order chi connectivity index (χ1) is 13.0. The molecule has 2 aromatic carbocycles. The first-order valence-electron chi connectivity index (χ1n) is 10.0. The van der Waals surface area contributed by atoms with Crippen LogP contribution in [0.25, 0.3) is 0 Å². The summed E-state index contributed by atoms with van der Waals surface area (Å²) in [4.78, 5) is 15.4. The highest BCUT2D eigenvalue weighted by Gasteiger charge is 2.25. The molecule has 1 atom stereocenters. The van der Waals surface area contributed by atoms with Crippen molar-refractivity contribution in [3.63, 3.8) is 0 Å². The van der Waals surface area contributed by atoms with Gasteiger partial charge in [0.2, 0.25) is 0 Å². The molecule has 29 heavy (non-hydrogen) atoms. The zero-order valence-corrected chi connectivity index (χ0v) is 18.8. The number of ketones is 1. The Hall–Kier alpha value is -1.43. The van der Waals surface area contributed by atoms with Crippen molar-refractivity contribution < 1.29 is 44.5 Å². The van der Waals surface area contributed by atoms with Gasteiger partial charge in [-0.2, -0.15) is 0 Å². The summed E-state index contributed by atoms with van der Waals surface area (Å²) in [5.41, 5.74) is 4.25. The molecule has 0 spiro atoms. The third-order valence-corrected chi connectivity index (χ3v) is 5.87. The molecule has 1 saturated heterocycles. The number of nitrogens with one attached hydrogen (secondary N) is 2. The molecule has 3 N–H and O–H groups in total. The summed E-state index contributed by atoms with van der Waals surface area (Å²) in [7, 11) is 0. The Morgan fingerprint density at radius 3 is 2.17 bits per heavy atom. The van der Waals surface area contributed by atoms with Gasteiger partial charge >= 0.3 is 0 Å². The molecule has 0 bridgehead atoms. The van der Waals surface area contributed by atoms with Crippen LogP contribution in [0.3, 0.4) is 0 Å². The average molecular weight is 439 g/mol. The normalized spacial score (nSPS) is 19.6. The van der Waals surface area contributed by atoms with Crippen LogP contribution in [0.2, 0.25) is 0 Å². The number of hydrogen-bond donors (Lipinski definition) is 3. The van der Waals surface area contributed by atoms with E-state index in [1.807, 2.05) is 48.5 Å². The summed E-state index contributed by atoms with van der Waals surface area (Å²) >= 11 is 0. The molecule has 0 aliphatic carbocycles. The zero-order valence-electron chi connectivity index (χ0n) is 17.3. The number of benzene rings is 2. The minimum atomic E-state index is -0.394. The fourth-order valence-corrected chi connectivity index (χ4v) is 3.83. The summed E-state index contributed by atoms with van der Waals surface area (Å²) in [5, 5.41) is 10.4. The predicted molar refractivity (Wildman–Crippen MR) is 107 cm³/mol. The van der Waals surface area contributed by atoms with Crippen molar-refractivity contribution in [2.75, 3.05) is 39.3 Å². The van der Waals surface area contributed by atoms with Gasteiger partial charge < -0.3 is 39.7 Å². The molecule has 0 saturated carbocycles. The Labute approximate surface area is 186 Å². The number of aryl methyl sites for hydroxylation is 2. The first kappa shape index (κ1) is 25.6. The number of piperazine rings is 1. The highest BCUT2D eigenvalue weighted by molar-refractivity contribution is 5.96. The topological polar surface area (TPSA) is 46.2 Å². The molecule has 4 nitrogen and oxygen atoms in total. The van der Waals surface area contributed by atoms with Crippen molar-refractivity contribution in [3.05, 3.63) is 70.8 Å². The van der Waals surface area contributed by atoms with Crippen LogP contribution in [0.15, 0.2) is 48.5 Å². The number of aliphatic hydroxyl groups is 1. The van der Waals surface area contributed by atoms with Crippen molar-refractivity contribution in [2.45, 2.75) is 26.4 Å². The van der Waals surface area contributed by atoms with E-state index in [1.54, 1.807) is 0 Å². The summed E-state index contributed by atoms with van der Waals surface area (Å²) < 4.78 is 0. The second-order valence-electron chi connectivity index (χ2n) is 7.85. The summed E-state index contributed by atoms with van der Waals surface area (Å²) in [6.45, 7) is 10.0. The molecule has 3 rings (SSSR count). The fraction of sp³-hybridized carbons (Fsp3) is 0.435. The molecular formula is C23H32Cl2N2O2. The number of halogens is 2. The van der Waals surface area contributed by atoms with Crippen LogP contribution in [-0.4, -0.2) is 50.2 Å². The summed E-state index contributed by atoms with van der Waals surface area (Å²) in [5.74, 6) is 0.250. The van der Waals surface area contributed by atoms with Crippen molar-refractivity contribution in [1.82, 2.24) is 0 Å². The lowest BCUT2D eigenvalue weighted by Gasteiger charge is -2.30. The van der Waals surface area contributed by atoms with Gasteiger partial charge in [0.05, 0.1) is 13.0 Å². The minimum absolute atomic E-state index is 0. The molecule has 0 aromatic heterocycles. The van der Waals surface area contributed by atoms with Crippen LogP contribution < -0.4 is 34.6 Å². The number of quaternary nitrogens is 2. The number of rotatable bonds is 7. The van der Waals surface area contributed by atoms with E-state index in [4.69, 9.17) is 0 Å². The lowest BCUT2D eigenvalue weighted by Crippen LogP contribution is -3.28. The first-order valence-corrected chi connectivity index (χ1v) is 10.0. The molecule has 0 amide bonds. The molecule has 1 aliphatic heterocycles. The van der Waals surface area contributed by atoms with Gasteiger partial charge in [0.15, 0.2) is 5.78 Å². The molecule has 1 fully saturated rings. The van der Waals surface area contributed by atoms with Crippen LogP contribution in [0, 0.1) is 13.8 Å². The maximum atomic E-state index is 12.5. The Morgan fingerprint density at radius 2 is 1.55 bits per heavy atom. The average Bonchev–Trinajstić information content (AvgIpc) is 2.70. The van der Waals surface area contributed by atoms with Gasteiger partial charge in [-0.25, -0.2) is 0 Å². The Kier molecular flexibility index (Phi) is 10.9. The largest absolute Gasteiger partial charge is 1.00 e. The molecule has 1 heterocycles. The Morgan fingerprint density at radius 1 is 0.931 bits per heavy atom. The summed E-state index contributed by atoms with van der Waals surface area (Å²) in [6, 6.07) is 15.9. The van der Waals surface area contributed by atoms with Gasteiger partial charge in [-0.3, -0.25) is 4.79 Å². The SMILES string of the molecule is Cc1ccc(C(=O)CC[NH+]2CC[NH+](CC(O)c3ccccc3)CC2)cc1C.[Cl-].[Cl-]. The van der Waals surface area contributed by atoms with Gasteiger partial charge in [-0.1, -0.05) is 42.5 Å². The van der Waals surface area contributed by atoms with E-state index in [0.717, 1.165) is 50.4 Å². The van der Waals surface area contributed by atoms with E-state index in [-0.39, 0.29) is 30.6 Å². The van der Waals surface area contributed by atoms with E-state index in [9.17, 15) is 9.90 Å². The quantitative estimate of drug-likeness (QED) is 0.377. The van der Waals surface area contributed by atoms with Crippen molar-refractivity contribution in [3.8, 4) is 0 Å². The van der Waals surface area contributed by atoms with Gasteiger partial charge in [0.25, 0.3) is 0 Å². The molecule has 2 aromatic rings. The Balaban J connectivity index is 0.00000210. The molecule has 6 heteroatoms. The van der Waals surface area contributed by atoms with Crippen molar-refractivity contribution in [1.29, 1.82) is 0 Å². The zero-order chi connectivity index (χ0) is 19.2. The van der Waals surface area contributed by atoms with Crippen molar-refractivity contribution >= 4 is 5.78 Å². The van der Waals surface area contributed by atoms with E-state index >= 15 is 0 Å². The number of carbonyl (C=O) groups excluding carboxylic acids is 1. The lowest BCUT2D eigenvalue weighted by atomic mass is 10.0. The van der Waals surface area contributed by atoms with Crippen LogP contribution >= 0.6 is 0 Å². The Bertz CT molecular complexity index is 763.